The topological polar surface area (TPSA) is 41.1 Å². The highest BCUT2D eigenvalue weighted by Gasteiger charge is 2.11. The summed E-state index contributed by atoms with van der Waals surface area (Å²) in [6, 6.07) is 4.48. The SMILES string of the molecule is CC(=O)Nc1ccc(F)c(NCC(C)(C)C)c1. The lowest BCUT2D eigenvalue weighted by Crippen LogP contribution is -2.19. The lowest BCUT2D eigenvalue weighted by molar-refractivity contribution is -0.114. The largest absolute Gasteiger partial charge is 0.382 e. The number of carbonyl (C=O) groups is 1. The number of anilines is 2. The standard InChI is InChI=1S/C13H19FN2O/c1-9(17)16-10-5-6-11(14)12(7-10)15-8-13(2,3)4/h5-7,15H,8H2,1-4H3,(H,16,17). The van der Waals surface area contributed by atoms with Crippen LogP contribution in [-0.4, -0.2) is 12.5 Å². The van der Waals surface area contributed by atoms with E-state index in [0.717, 1.165) is 0 Å². The van der Waals surface area contributed by atoms with E-state index < -0.39 is 0 Å². The van der Waals surface area contributed by atoms with Gasteiger partial charge in [-0.1, -0.05) is 20.8 Å². The van der Waals surface area contributed by atoms with Crippen molar-refractivity contribution in [1.82, 2.24) is 0 Å². The lowest BCUT2D eigenvalue weighted by atomic mass is 9.97. The molecule has 0 aliphatic heterocycles. The average Bonchev–Trinajstić information content (AvgIpc) is 2.17. The van der Waals surface area contributed by atoms with E-state index in [1.165, 1.54) is 13.0 Å². The summed E-state index contributed by atoms with van der Waals surface area (Å²) in [5.74, 6) is -0.485. The average molecular weight is 238 g/mol. The third kappa shape index (κ3) is 4.85. The van der Waals surface area contributed by atoms with Crippen molar-refractivity contribution < 1.29 is 9.18 Å². The predicted molar refractivity (Wildman–Crippen MR) is 68.6 cm³/mol. The zero-order valence-electron chi connectivity index (χ0n) is 10.7. The molecule has 0 saturated heterocycles. The van der Waals surface area contributed by atoms with Gasteiger partial charge in [0.15, 0.2) is 0 Å². The summed E-state index contributed by atoms with van der Waals surface area (Å²) in [6.45, 7) is 8.28. The zero-order valence-corrected chi connectivity index (χ0v) is 10.7. The molecule has 0 aromatic heterocycles. The Kier molecular flexibility index (Phi) is 4.10. The van der Waals surface area contributed by atoms with Crippen LogP contribution in [0.4, 0.5) is 15.8 Å². The fourth-order valence-corrected chi connectivity index (χ4v) is 1.30. The fourth-order valence-electron chi connectivity index (χ4n) is 1.30. The van der Waals surface area contributed by atoms with Crippen LogP contribution in [-0.2, 0) is 4.79 Å². The van der Waals surface area contributed by atoms with Gasteiger partial charge in [0, 0.05) is 19.2 Å². The van der Waals surface area contributed by atoms with E-state index in [1.54, 1.807) is 12.1 Å². The first-order valence-electron chi connectivity index (χ1n) is 5.59. The van der Waals surface area contributed by atoms with Crippen molar-refractivity contribution in [3.05, 3.63) is 24.0 Å². The van der Waals surface area contributed by atoms with Gasteiger partial charge in [-0.3, -0.25) is 4.79 Å². The zero-order chi connectivity index (χ0) is 13.1. The van der Waals surface area contributed by atoms with Gasteiger partial charge in [0.1, 0.15) is 5.82 Å². The molecule has 0 heterocycles. The van der Waals surface area contributed by atoms with Gasteiger partial charge < -0.3 is 10.6 Å². The molecule has 0 aliphatic rings. The van der Waals surface area contributed by atoms with Crippen molar-refractivity contribution in [2.45, 2.75) is 27.7 Å². The predicted octanol–water partition coefficient (Wildman–Crippen LogP) is 3.24. The van der Waals surface area contributed by atoms with Crippen molar-refractivity contribution in [3.63, 3.8) is 0 Å². The Balaban J connectivity index is 2.80. The number of rotatable bonds is 3. The second kappa shape index (κ2) is 5.17. The Morgan fingerprint density at radius 1 is 1.35 bits per heavy atom. The molecule has 0 atom stereocenters. The summed E-state index contributed by atoms with van der Waals surface area (Å²) in [5, 5.41) is 5.66. The maximum absolute atomic E-state index is 13.5. The second-order valence-electron chi connectivity index (χ2n) is 5.29. The van der Waals surface area contributed by atoms with E-state index in [-0.39, 0.29) is 17.1 Å². The third-order valence-corrected chi connectivity index (χ3v) is 2.10. The lowest BCUT2D eigenvalue weighted by Gasteiger charge is -2.20. The van der Waals surface area contributed by atoms with Gasteiger partial charge in [0.05, 0.1) is 5.69 Å². The van der Waals surface area contributed by atoms with Crippen molar-refractivity contribution in [2.24, 2.45) is 5.41 Å². The number of hydrogen-bond donors (Lipinski definition) is 2. The van der Waals surface area contributed by atoms with Gasteiger partial charge >= 0.3 is 0 Å². The van der Waals surface area contributed by atoms with Crippen molar-refractivity contribution >= 4 is 17.3 Å². The molecule has 2 N–H and O–H groups in total. The van der Waals surface area contributed by atoms with E-state index in [0.29, 0.717) is 17.9 Å². The molecule has 94 valence electrons. The van der Waals surface area contributed by atoms with E-state index in [9.17, 15) is 9.18 Å². The first kappa shape index (κ1) is 13.5. The number of carbonyl (C=O) groups excluding carboxylic acids is 1. The summed E-state index contributed by atoms with van der Waals surface area (Å²) in [7, 11) is 0. The molecule has 0 radical (unpaired) electrons. The fraction of sp³-hybridized carbons (Fsp3) is 0.462. The Hall–Kier alpha value is -1.58. The van der Waals surface area contributed by atoms with Gasteiger partial charge in [0.25, 0.3) is 0 Å². The number of benzene rings is 1. The number of hydrogen-bond acceptors (Lipinski definition) is 2. The monoisotopic (exact) mass is 238 g/mol. The maximum Gasteiger partial charge on any atom is 0.221 e. The van der Waals surface area contributed by atoms with Crippen molar-refractivity contribution in [1.29, 1.82) is 0 Å². The molecule has 0 spiro atoms. The highest BCUT2D eigenvalue weighted by atomic mass is 19.1. The van der Waals surface area contributed by atoms with Crippen LogP contribution in [0, 0.1) is 11.2 Å². The third-order valence-electron chi connectivity index (χ3n) is 2.10. The van der Waals surface area contributed by atoms with Gasteiger partial charge in [-0.15, -0.1) is 0 Å². The molecule has 0 aliphatic carbocycles. The second-order valence-corrected chi connectivity index (χ2v) is 5.29. The summed E-state index contributed by atoms with van der Waals surface area (Å²) in [5.41, 5.74) is 1.07. The summed E-state index contributed by atoms with van der Waals surface area (Å²) in [6.07, 6.45) is 0. The van der Waals surface area contributed by atoms with Gasteiger partial charge in [-0.2, -0.15) is 0 Å². The summed E-state index contributed by atoms with van der Waals surface area (Å²) < 4.78 is 13.5. The smallest absolute Gasteiger partial charge is 0.221 e. The summed E-state index contributed by atoms with van der Waals surface area (Å²) in [4.78, 5) is 10.9. The molecule has 0 unspecified atom stereocenters. The number of amides is 1. The highest BCUT2D eigenvalue weighted by molar-refractivity contribution is 5.89. The molecule has 0 saturated carbocycles. The molecule has 0 bridgehead atoms. The minimum atomic E-state index is -0.316. The molecular weight excluding hydrogens is 219 g/mol. The van der Waals surface area contributed by atoms with Crippen LogP contribution in [0.5, 0.6) is 0 Å². The molecule has 1 rings (SSSR count). The first-order valence-corrected chi connectivity index (χ1v) is 5.59. The maximum atomic E-state index is 13.5. The molecule has 0 fully saturated rings. The molecular formula is C13H19FN2O. The van der Waals surface area contributed by atoms with Crippen LogP contribution in [0.25, 0.3) is 0 Å². The van der Waals surface area contributed by atoms with Crippen LogP contribution in [0.15, 0.2) is 18.2 Å². The van der Waals surface area contributed by atoms with Gasteiger partial charge in [-0.25, -0.2) is 4.39 Å². The van der Waals surface area contributed by atoms with E-state index in [4.69, 9.17) is 0 Å². The molecule has 1 amide bonds. The van der Waals surface area contributed by atoms with Crippen LogP contribution in [0.3, 0.4) is 0 Å². The molecule has 1 aromatic rings. The molecule has 4 heteroatoms. The van der Waals surface area contributed by atoms with Crippen LogP contribution < -0.4 is 10.6 Å². The Labute approximate surface area is 101 Å². The molecule has 1 aromatic carbocycles. The minimum absolute atomic E-state index is 0.0659. The Morgan fingerprint density at radius 3 is 2.53 bits per heavy atom. The molecule has 17 heavy (non-hydrogen) atoms. The van der Waals surface area contributed by atoms with E-state index >= 15 is 0 Å². The van der Waals surface area contributed by atoms with Crippen LogP contribution in [0.1, 0.15) is 27.7 Å². The van der Waals surface area contributed by atoms with Gasteiger partial charge in [0.2, 0.25) is 5.91 Å². The van der Waals surface area contributed by atoms with Gasteiger partial charge in [-0.05, 0) is 23.6 Å². The molecule has 3 nitrogen and oxygen atoms in total. The summed E-state index contributed by atoms with van der Waals surface area (Å²) >= 11 is 0. The Morgan fingerprint density at radius 2 is 2.00 bits per heavy atom. The first-order chi connectivity index (χ1) is 7.78. The quantitative estimate of drug-likeness (QED) is 0.848. The highest BCUT2D eigenvalue weighted by Crippen LogP contribution is 2.22. The normalized spacial score (nSPS) is 11.1. The van der Waals surface area contributed by atoms with Crippen LogP contribution >= 0.6 is 0 Å². The minimum Gasteiger partial charge on any atom is -0.382 e. The number of nitrogens with one attached hydrogen (secondary N) is 2. The number of halogens is 1. The van der Waals surface area contributed by atoms with E-state index in [2.05, 4.69) is 31.4 Å². The van der Waals surface area contributed by atoms with Crippen LogP contribution in [0.2, 0.25) is 0 Å². The van der Waals surface area contributed by atoms with Crippen molar-refractivity contribution in [2.75, 3.05) is 17.2 Å². The van der Waals surface area contributed by atoms with Crippen molar-refractivity contribution in [3.8, 4) is 0 Å². The van der Waals surface area contributed by atoms with E-state index in [1.807, 2.05) is 0 Å². The Bertz CT molecular complexity index is 410.